The quantitative estimate of drug-likeness (QED) is 0.925. The van der Waals surface area contributed by atoms with Crippen molar-refractivity contribution in [2.24, 2.45) is 5.92 Å². The summed E-state index contributed by atoms with van der Waals surface area (Å²) in [4.78, 5) is 25.2. The lowest BCUT2D eigenvalue weighted by Gasteiger charge is -2.42. The van der Waals surface area contributed by atoms with Crippen LogP contribution in [-0.4, -0.2) is 27.9 Å². The van der Waals surface area contributed by atoms with Crippen LogP contribution in [0.15, 0.2) is 24.3 Å². The van der Waals surface area contributed by atoms with E-state index in [-0.39, 0.29) is 24.2 Å². The van der Waals surface area contributed by atoms with E-state index in [1.54, 1.807) is 17.0 Å². The summed E-state index contributed by atoms with van der Waals surface area (Å²) in [6.45, 7) is 3.72. The lowest BCUT2D eigenvalue weighted by molar-refractivity contribution is -0.153. The number of benzene rings is 1. The highest BCUT2D eigenvalue weighted by Crippen LogP contribution is 2.38. The van der Waals surface area contributed by atoms with Gasteiger partial charge in [-0.25, -0.2) is 4.39 Å². The molecule has 1 amide bonds. The molecule has 2 rings (SSSR count). The number of carboxylic acids is 1. The number of hydrogen-bond acceptors (Lipinski definition) is 2. The summed E-state index contributed by atoms with van der Waals surface area (Å²) in [5, 5.41) is 9.40. The van der Waals surface area contributed by atoms with Crippen molar-refractivity contribution >= 4 is 11.9 Å². The third-order valence-corrected chi connectivity index (χ3v) is 3.72. The molecule has 0 aromatic heterocycles. The number of carboxylic acid groups (broad SMARTS) is 1. The molecule has 1 aliphatic rings. The molecule has 1 fully saturated rings. The molecule has 0 spiro atoms. The first kappa shape index (κ1) is 14.5. The number of piperidine rings is 1. The van der Waals surface area contributed by atoms with Crippen LogP contribution in [0.4, 0.5) is 4.39 Å². The average molecular weight is 279 g/mol. The van der Waals surface area contributed by atoms with Crippen molar-refractivity contribution in [1.29, 1.82) is 0 Å². The Morgan fingerprint density at radius 2 is 1.95 bits per heavy atom. The maximum atomic E-state index is 13.0. The van der Waals surface area contributed by atoms with Crippen molar-refractivity contribution in [2.75, 3.05) is 0 Å². The van der Waals surface area contributed by atoms with Crippen molar-refractivity contribution in [3.63, 3.8) is 0 Å². The zero-order valence-electron chi connectivity index (χ0n) is 11.5. The topological polar surface area (TPSA) is 57.6 Å². The second kappa shape index (κ2) is 5.61. The number of halogens is 1. The van der Waals surface area contributed by atoms with Gasteiger partial charge in [0.2, 0.25) is 5.91 Å². The van der Waals surface area contributed by atoms with Gasteiger partial charge in [-0.05, 0) is 38.0 Å². The third-order valence-electron chi connectivity index (χ3n) is 3.72. The molecular weight excluding hydrogens is 261 g/mol. The van der Waals surface area contributed by atoms with E-state index in [2.05, 4.69) is 0 Å². The van der Waals surface area contributed by atoms with E-state index in [9.17, 15) is 19.1 Å². The Kier molecular flexibility index (Phi) is 4.06. The van der Waals surface area contributed by atoms with Crippen LogP contribution in [0.1, 0.15) is 38.3 Å². The fourth-order valence-electron chi connectivity index (χ4n) is 2.84. The van der Waals surface area contributed by atoms with Crippen LogP contribution in [0.3, 0.4) is 0 Å². The summed E-state index contributed by atoms with van der Waals surface area (Å²) in [7, 11) is 0. The highest BCUT2D eigenvalue weighted by atomic mass is 19.1. The normalized spacial score (nSPS) is 23.2. The highest BCUT2D eigenvalue weighted by Gasteiger charge is 2.41. The Balaban J connectivity index is 2.45. The summed E-state index contributed by atoms with van der Waals surface area (Å²) in [6.07, 6.45) is 0.562. The lowest BCUT2D eigenvalue weighted by atomic mass is 9.83. The molecule has 0 aliphatic carbocycles. The van der Waals surface area contributed by atoms with Gasteiger partial charge < -0.3 is 10.0 Å². The molecule has 108 valence electrons. The Bertz CT molecular complexity index is 512. The molecule has 4 nitrogen and oxygen atoms in total. The summed E-state index contributed by atoms with van der Waals surface area (Å²) in [5.41, 5.74) is 0.667. The number of nitrogens with zero attached hydrogens (tertiary/aromatic N) is 1. The van der Waals surface area contributed by atoms with Crippen molar-refractivity contribution in [3.8, 4) is 0 Å². The van der Waals surface area contributed by atoms with Crippen molar-refractivity contribution in [2.45, 2.75) is 38.8 Å². The molecular formula is C15H18FNO3. The second-order valence-corrected chi connectivity index (χ2v) is 5.37. The second-order valence-electron chi connectivity index (χ2n) is 5.37. The standard InChI is InChI=1S/C15H18FNO3/c1-9(2)17-13(18)8-7-12(15(19)20)14(17)10-3-5-11(16)6-4-10/h3-6,9,12,14H,7-8H2,1-2H3,(H,19,20). The van der Waals surface area contributed by atoms with Crippen LogP contribution in [0, 0.1) is 11.7 Å². The van der Waals surface area contributed by atoms with Crippen LogP contribution in [0.2, 0.25) is 0 Å². The Labute approximate surface area is 117 Å². The van der Waals surface area contributed by atoms with Gasteiger partial charge >= 0.3 is 5.97 Å². The van der Waals surface area contributed by atoms with Gasteiger partial charge in [0, 0.05) is 12.5 Å². The third kappa shape index (κ3) is 2.66. The molecule has 0 bridgehead atoms. The predicted octanol–water partition coefficient (Wildman–Crippen LogP) is 2.60. The summed E-state index contributed by atoms with van der Waals surface area (Å²) >= 11 is 0. The van der Waals surface area contributed by atoms with Gasteiger partial charge in [0.25, 0.3) is 0 Å². The Morgan fingerprint density at radius 1 is 1.35 bits per heavy atom. The summed E-state index contributed by atoms with van der Waals surface area (Å²) in [6, 6.07) is 5.08. The molecule has 1 aromatic rings. The van der Waals surface area contributed by atoms with Gasteiger partial charge in [-0.15, -0.1) is 0 Å². The van der Waals surface area contributed by atoms with Gasteiger partial charge in [-0.1, -0.05) is 12.1 Å². The maximum Gasteiger partial charge on any atom is 0.308 e. The molecule has 0 saturated carbocycles. The summed E-state index contributed by atoms with van der Waals surface area (Å²) in [5.74, 6) is -2.00. The molecule has 2 unspecified atom stereocenters. The molecule has 5 heteroatoms. The van der Waals surface area contributed by atoms with Crippen molar-refractivity contribution in [1.82, 2.24) is 4.90 Å². The van der Waals surface area contributed by atoms with Crippen LogP contribution in [0.25, 0.3) is 0 Å². The van der Waals surface area contributed by atoms with Crippen molar-refractivity contribution < 1.29 is 19.1 Å². The molecule has 1 aliphatic heterocycles. The molecule has 1 saturated heterocycles. The fourth-order valence-corrected chi connectivity index (χ4v) is 2.84. The minimum atomic E-state index is -0.919. The number of carbonyl (C=O) groups excluding carboxylic acids is 1. The zero-order valence-corrected chi connectivity index (χ0v) is 11.5. The monoisotopic (exact) mass is 279 g/mol. The minimum Gasteiger partial charge on any atom is -0.481 e. The summed E-state index contributed by atoms with van der Waals surface area (Å²) < 4.78 is 13.0. The first-order valence-electron chi connectivity index (χ1n) is 6.71. The minimum absolute atomic E-state index is 0.0492. The number of aliphatic carboxylic acids is 1. The van der Waals surface area contributed by atoms with Crippen LogP contribution in [-0.2, 0) is 9.59 Å². The first-order chi connectivity index (χ1) is 9.41. The van der Waals surface area contributed by atoms with Crippen LogP contribution >= 0.6 is 0 Å². The molecule has 20 heavy (non-hydrogen) atoms. The van der Waals surface area contributed by atoms with E-state index >= 15 is 0 Å². The van der Waals surface area contributed by atoms with Crippen LogP contribution < -0.4 is 0 Å². The molecule has 2 atom stereocenters. The maximum absolute atomic E-state index is 13.0. The van der Waals surface area contributed by atoms with Gasteiger partial charge in [0.05, 0.1) is 12.0 Å². The predicted molar refractivity (Wildman–Crippen MR) is 71.5 cm³/mol. The number of hydrogen-bond donors (Lipinski definition) is 1. The van der Waals surface area contributed by atoms with E-state index < -0.39 is 17.9 Å². The Morgan fingerprint density at radius 3 is 2.45 bits per heavy atom. The first-order valence-corrected chi connectivity index (χ1v) is 6.71. The average Bonchev–Trinajstić information content (AvgIpc) is 2.38. The molecule has 0 radical (unpaired) electrons. The van der Waals surface area contributed by atoms with Gasteiger partial charge in [0.15, 0.2) is 0 Å². The number of rotatable bonds is 3. The number of likely N-dealkylation sites (tertiary alicyclic amines) is 1. The molecule has 1 heterocycles. The van der Waals surface area contributed by atoms with E-state index in [1.165, 1.54) is 12.1 Å². The van der Waals surface area contributed by atoms with E-state index in [4.69, 9.17) is 0 Å². The fraction of sp³-hybridized carbons (Fsp3) is 0.467. The van der Waals surface area contributed by atoms with E-state index in [0.717, 1.165) is 0 Å². The van der Waals surface area contributed by atoms with Gasteiger partial charge in [0.1, 0.15) is 5.82 Å². The van der Waals surface area contributed by atoms with Crippen molar-refractivity contribution in [3.05, 3.63) is 35.6 Å². The largest absolute Gasteiger partial charge is 0.481 e. The van der Waals surface area contributed by atoms with E-state index in [0.29, 0.717) is 12.0 Å². The lowest BCUT2D eigenvalue weighted by Crippen LogP contribution is -2.48. The smallest absolute Gasteiger partial charge is 0.308 e. The molecule has 1 aromatic carbocycles. The molecule has 1 N–H and O–H groups in total. The Hall–Kier alpha value is -1.91. The van der Waals surface area contributed by atoms with E-state index in [1.807, 2.05) is 13.8 Å². The van der Waals surface area contributed by atoms with Gasteiger partial charge in [-0.2, -0.15) is 0 Å². The zero-order chi connectivity index (χ0) is 14.9. The SMILES string of the molecule is CC(C)N1C(=O)CCC(C(=O)O)C1c1ccc(F)cc1. The number of carbonyl (C=O) groups is 2. The number of amides is 1. The highest BCUT2D eigenvalue weighted by molar-refractivity contribution is 5.82. The van der Waals surface area contributed by atoms with Crippen LogP contribution in [0.5, 0.6) is 0 Å². The van der Waals surface area contributed by atoms with Gasteiger partial charge in [-0.3, -0.25) is 9.59 Å².